The number of thioether (sulfide) groups is 1. The highest BCUT2D eigenvalue weighted by Crippen LogP contribution is 2.32. The molecule has 6 nitrogen and oxygen atoms in total. The van der Waals surface area contributed by atoms with Crippen molar-refractivity contribution in [3.8, 4) is 5.75 Å². The third-order valence-electron chi connectivity index (χ3n) is 5.62. The van der Waals surface area contributed by atoms with E-state index >= 15 is 0 Å². The molecule has 0 fully saturated rings. The molecule has 10 heteroatoms. The Morgan fingerprint density at radius 3 is 2.43 bits per heavy atom. The Bertz CT molecular complexity index is 1530. The Labute approximate surface area is 251 Å². The predicted octanol–water partition coefficient (Wildman–Crippen LogP) is 5.52. The first-order valence-corrected chi connectivity index (χ1v) is 15.8. The summed E-state index contributed by atoms with van der Waals surface area (Å²) < 4.78 is 15.5. The second kappa shape index (κ2) is 12.0. The highest BCUT2D eigenvalue weighted by molar-refractivity contribution is 14.1. The lowest BCUT2D eigenvalue weighted by Gasteiger charge is -2.25. The number of nitrogens with zero attached hydrogens (tertiary/aromatic N) is 2. The van der Waals surface area contributed by atoms with Crippen molar-refractivity contribution in [3.63, 3.8) is 0 Å². The molecule has 0 saturated heterocycles. The Morgan fingerprint density at radius 1 is 1.22 bits per heavy atom. The van der Waals surface area contributed by atoms with E-state index in [1.54, 1.807) is 23.3 Å². The van der Waals surface area contributed by atoms with Gasteiger partial charge < -0.3 is 9.47 Å². The Balaban J connectivity index is 1.91. The molecule has 0 N–H and O–H groups in total. The van der Waals surface area contributed by atoms with E-state index in [0.717, 1.165) is 28.9 Å². The zero-order valence-corrected chi connectivity index (χ0v) is 27.0. The number of carbonyl (C=O) groups excluding carboxylic acids is 1. The second-order valence-corrected chi connectivity index (χ2v) is 12.8. The van der Waals surface area contributed by atoms with Crippen molar-refractivity contribution < 1.29 is 14.3 Å². The summed E-state index contributed by atoms with van der Waals surface area (Å²) in [5.41, 5.74) is 2.49. The Morgan fingerprint density at radius 2 is 1.86 bits per heavy atom. The van der Waals surface area contributed by atoms with Crippen molar-refractivity contribution in [2.45, 2.75) is 44.7 Å². The topological polar surface area (TPSA) is 69.9 Å². The van der Waals surface area contributed by atoms with E-state index in [0.29, 0.717) is 27.2 Å². The van der Waals surface area contributed by atoms with Crippen LogP contribution in [0, 0.1) is 7.14 Å². The van der Waals surface area contributed by atoms with Crippen molar-refractivity contribution in [2.75, 3.05) is 12.9 Å². The van der Waals surface area contributed by atoms with Crippen molar-refractivity contribution >= 4 is 80.3 Å². The number of hydrogen-bond acceptors (Lipinski definition) is 7. The van der Waals surface area contributed by atoms with Gasteiger partial charge in [0.15, 0.2) is 4.80 Å². The second-order valence-electron chi connectivity index (χ2n) is 8.56. The van der Waals surface area contributed by atoms with E-state index in [-0.39, 0.29) is 11.7 Å². The number of carbonyl (C=O) groups is 1. The van der Waals surface area contributed by atoms with Gasteiger partial charge in [0, 0.05) is 4.90 Å². The van der Waals surface area contributed by atoms with Crippen LogP contribution in [-0.4, -0.2) is 29.5 Å². The van der Waals surface area contributed by atoms with Gasteiger partial charge in [-0.05, 0) is 121 Å². The van der Waals surface area contributed by atoms with E-state index in [4.69, 9.17) is 9.47 Å². The van der Waals surface area contributed by atoms with Gasteiger partial charge >= 0.3 is 5.97 Å². The average Bonchev–Trinajstić information content (AvgIpc) is 3.14. The molecule has 0 unspecified atom stereocenters. The van der Waals surface area contributed by atoms with E-state index < -0.39 is 12.0 Å². The van der Waals surface area contributed by atoms with Crippen LogP contribution in [0.2, 0.25) is 0 Å². The highest BCUT2D eigenvalue weighted by atomic mass is 127. The number of ether oxygens (including phenoxy) is 2. The number of fused-ring (bicyclic) bond motifs is 1. The molecule has 2 heterocycles. The third-order valence-corrected chi connectivity index (χ3v) is 8.95. The van der Waals surface area contributed by atoms with Gasteiger partial charge in [-0.2, -0.15) is 0 Å². The third kappa shape index (κ3) is 6.01. The summed E-state index contributed by atoms with van der Waals surface area (Å²) in [6.45, 7) is 7.96. The van der Waals surface area contributed by atoms with Gasteiger partial charge in [-0.25, -0.2) is 9.79 Å². The first kappa shape index (κ1) is 28.4. The molecule has 37 heavy (non-hydrogen) atoms. The van der Waals surface area contributed by atoms with Gasteiger partial charge in [-0.3, -0.25) is 9.36 Å². The van der Waals surface area contributed by atoms with Crippen LogP contribution in [0.4, 0.5) is 0 Å². The van der Waals surface area contributed by atoms with Crippen LogP contribution in [0.15, 0.2) is 62.4 Å². The summed E-state index contributed by atoms with van der Waals surface area (Å²) in [5, 5.41) is 0. The lowest BCUT2D eigenvalue weighted by molar-refractivity contribution is -0.143. The number of aromatic nitrogens is 1. The summed E-state index contributed by atoms with van der Waals surface area (Å²) in [5.74, 6) is 0.389. The molecule has 0 bridgehead atoms. The fraction of sp³-hybridized carbons (Fsp3) is 0.296. The molecule has 2 aromatic carbocycles. The maximum absolute atomic E-state index is 13.8. The SMILES string of the molecule is CCOc1c(I)cc(/C=c2\sc3n(c2=O)[C@@H](c2ccc(SC)cc2)C(C(=O)OC(C)C)=C(C)N=3)cc1I. The van der Waals surface area contributed by atoms with E-state index in [1.165, 1.54) is 11.3 Å². The van der Waals surface area contributed by atoms with E-state index in [2.05, 4.69) is 50.2 Å². The zero-order valence-electron chi connectivity index (χ0n) is 21.0. The smallest absolute Gasteiger partial charge is 0.338 e. The molecule has 0 aliphatic carbocycles. The molecule has 1 aliphatic rings. The highest BCUT2D eigenvalue weighted by Gasteiger charge is 2.33. The molecule has 0 amide bonds. The first-order chi connectivity index (χ1) is 17.6. The molecule has 0 spiro atoms. The number of thiazole rings is 1. The molecule has 1 atom stereocenters. The normalized spacial score (nSPS) is 15.6. The van der Waals surface area contributed by atoms with Crippen LogP contribution in [-0.2, 0) is 9.53 Å². The molecule has 1 aromatic heterocycles. The summed E-state index contributed by atoms with van der Waals surface area (Å²) >= 11 is 7.47. The van der Waals surface area contributed by atoms with Crippen molar-refractivity contribution in [1.82, 2.24) is 4.57 Å². The first-order valence-electron chi connectivity index (χ1n) is 11.6. The summed E-state index contributed by atoms with van der Waals surface area (Å²) in [4.78, 5) is 33.4. The Kier molecular flexibility index (Phi) is 9.23. The number of esters is 1. The minimum atomic E-state index is -0.624. The van der Waals surface area contributed by atoms with Crippen LogP contribution in [0.25, 0.3) is 6.08 Å². The van der Waals surface area contributed by atoms with Gasteiger partial charge in [-0.1, -0.05) is 23.5 Å². The molecule has 194 valence electrons. The minimum absolute atomic E-state index is 0.191. The molecular weight excluding hydrogens is 734 g/mol. The number of hydrogen-bond donors (Lipinski definition) is 0. The number of allylic oxidation sites excluding steroid dienone is 1. The average molecular weight is 760 g/mol. The minimum Gasteiger partial charge on any atom is -0.492 e. The lowest BCUT2D eigenvalue weighted by Crippen LogP contribution is -2.40. The molecule has 1 aliphatic heterocycles. The van der Waals surface area contributed by atoms with Crippen LogP contribution < -0.4 is 19.6 Å². The maximum Gasteiger partial charge on any atom is 0.338 e. The van der Waals surface area contributed by atoms with Crippen LogP contribution in [0.1, 0.15) is 44.9 Å². The predicted molar refractivity (Wildman–Crippen MR) is 166 cm³/mol. The van der Waals surface area contributed by atoms with Crippen LogP contribution in [0.5, 0.6) is 5.75 Å². The largest absolute Gasteiger partial charge is 0.492 e. The number of rotatable bonds is 7. The number of benzene rings is 2. The molecular formula is C27H26I2N2O4S2. The lowest BCUT2D eigenvalue weighted by atomic mass is 9.96. The zero-order chi connectivity index (χ0) is 26.9. The fourth-order valence-corrected chi connectivity index (χ4v) is 7.64. The van der Waals surface area contributed by atoms with Gasteiger partial charge in [0.2, 0.25) is 0 Å². The maximum atomic E-state index is 13.8. The van der Waals surface area contributed by atoms with Crippen molar-refractivity contribution in [2.24, 2.45) is 4.99 Å². The van der Waals surface area contributed by atoms with Gasteiger partial charge in [-0.15, -0.1) is 11.8 Å². The molecule has 0 radical (unpaired) electrons. The van der Waals surface area contributed by atoms with Crippen LogP contribution >= 0.6 is 68.3 Å². The standard InChI is InChI=1S/C27H26I2N2O4S2/c1-6-34-24-19(28)11-16(12-20(24)29)13-21-25(32)31-23(17-7-9-18(36-5)10-8-17)22(26(33)35-14(2)3)15(4)30-27(31)37-21/h7-14,23H,6H2,1-5H3/b21-13-/t23-/m0/s1. The molecule has 0 saturated carbocycles. The molecule has 3 aromatic rings. The quantitative estimate of drug-likeness (QED) is 0.181. The van der Waals surface area contributed by atoms with E-state index in [9.17, 15) is 9.59 Å². The fourth-order valence-electron chi connectivity index (χ4n) is 4.06. The van der Waals surface area contributed by atoms with Gasteiger partial charge in [0.05, 0.1) is 41.7 Å². The van der Waals surface area contributed by atoms with Crippen molar-refractivity contribution in [1.29, 1.82) is 0 Å². The monoisotopic (exact) mass is 760 g/mol. The van der Waals surface area contributed by atoms with Crippen LogP contribution in [0.3, 0.4) is 0 Å². The Hall–Kier alpha value is -1.64. The van der Waals surface area contributed by atoms with Gasteiger partial charge in [0.25, 0.3) is 5.56 Å². The van der Waals surface area contributed by atoms with Gasteiger partial charge in [0.1, 0.15) is 5.75 Å². The molecule has 4 rings (SSSR count). The summed E-state index contributed by atoms with van der Waals surface area (Å²) in [6.07, 6.45) is 3.60. The summed E-state index contributed by atoms with van der Waals surface area (Å²) in [6, 6.07) is 11.3. The van der Waals surface area contributed by atoms with Crippen molar-refractivity contribution in [3.05, 3.63) is 85.6 Å². The number of halogens is 2. The summed E-state index contributed by atoms with van der Waals surface area (Å²) in [7, 11) is 0. The van der Waals surface area contributed by atoms with E-state index in [1.807, 2.05) is 69.5 Å².